The van der Waals surface area contributed by atoms with Crippen LogP contribution in [-0.2, 0) is 72.9 Å². The Morgan fingerprint density at radius 3 is 1.14 bits per heavy atom. The van der Waals surface area contributed by atoms with Gasteiger partial charge < -0.3 is 77.7 Å². The van der Waals surface area contributed by atoms with Crippen LogP contribution in [0.15, 0.2) is 24.3 Å². The summed E-state index contributed by atoms with van der Waals surface area (Å²) in [4.78, 5) is 22.8. The van der Waals surface area contributed by atoms with Crippen molar-refractivity contribution in [2.24, 2.45) is 5.73 Å². The third-order valence-corrected chi connectivity index (χ3v) is 7.30. The van der Waals surface area contributed by atoms with Crippen molar-refractivity contribution in [2.45, 2.75) is 32.2 Å². The van der Waals surface area contributed by atoms with Crippen molar-refractivity contribution in [2.75, 3.05) is 172 Å². The van der Waals surface area contributed by atoms with E-state index >= 15 is 0 Å². The Kier molecular flexibility index (Phi) is 38.3. The molecule has 1 aromatic rings. The SMILES string of the molecule is CCCOCCOCCOCCOCCOCCOCCOCCOCCOCCOCCOCCOCCC(=O)NCCOc1ccc(CC(N)C(=O)O)cc1. The molecule has 1 aromatic carbocycles. The summed E-state index contributed by atoms with van der Waals surface area (Å²) in [7, 11) is 0. The lowest BCUT2D eigenvalue weighted by Gasteiger charge is -2.10. The van der Waals surface area contributed by atoms with E-state index in [2.05, 4.69) is 12.2 Å². The molecule has 1 rings (SSSR count). The van der Waals surface area contributed by atoms with Crippen LogP contribution in [0.1, 0.15) is 25.3 Å². The third kappa shape index (κ3) is 37.5. The molecule has 0 aliphatic rings. The van der Waals surface area contributed by atoms with Crippen molar-refractivity contribution in [3.8, 4) is 5.75 Å². The number of hydrogen-bond donors (Lipinski definition) is 3. The second kappa shape index (κ2) is 41.6. The van der Waals surface area contributed by atoms with Crippen molar-refractivity contribution in [3.63, 3.8) is 0 Å². The summed E-state index contributed by atoms with van der Waals surface area (Å²) in [6, 6.07) is 6.07. The Morgan fingerprint density at radius 1 is 0.509 bits per heavy atom. The summed E-state index contributed by atoms with van der Waals surface area (Å²) < 4.78 is 71.0. The first-order chi connectivity index (χ1) is 28.0. The fraction of sp³-hybridized carbons (Fsp3) is 0.795. The van der Waals surface area contributed by atoms with Gasteiger partial charge in [0.25, 0.3) is 0 Å². The number of aliphatic carboxylic acids is 1. The molecule has 0 fully saturated rings. The first-order valence-corrected chi connectivity index (χ1v) is 19.9. The van der Waals surface area contributed by atoms with Gasteiger partial charge in [0.05, 0.1) is 159 Å². The molecule has 0 aromatic heterocycles. The van der Waals surface area contributed by atoms with Crippen molar-refractivity contribution in [1.82, 2.24) is 5.32 Å². The highest BCUT2D eigenvalue weighted by Crippen LogP contribution is 2.13. The third-order valence-electron chi connectivity index (χ3n) is 7.30. The van der Waals surface area contributed by atoms with Gasteiger partial charge in [0.2, 0.25) is 5.91 Å². The predicted octanol–water partition coefficient (Wildman–Crippen LogP) is 1.14. The van der Waals surface area contributed by atoms with Crippen LogP contribution in [0.25, 0.3) is 0 Å². The number of nitrogens with two attached hydrogens (primary N) is 1. The molecule has 0 spiro atoms. The molecule has 18 nitrogen and oxygen atoms in total. The van der Waals surface area contributed by atoms with Crippen LogP contribution in [-0.4, -0.2) is 195 Å². The molecule has 4 N–H and O–H groups in total. The van der Waals surface area contributed by atoms with E-state index in [9.17, 15) is 9.59 Å². The highest BCUT2D eigenvalue weighted by Gasteiger charge is 2.12. The largest absolute Gasteiger partial charge is 0.492 e. The Bertz CT molecular complexity index is 1030. The van der Waals surface area contributed by atoms with Gasteiger partial charge in [0, 0.05) is 13.0 Å². The highest BCUT2D eigenvalue weighted by molar-refractivity contribution is 5.75. The monoisotopic (exact) mass is 822 g/mol. The first kappa shape index (κ1) is 52.5. The second-order valence-electron chi connectivity index (χ2n) is 12.1. The lowest BCUT2D eigenvalue weighted by molar-refractivity contribution is -0.138. The number of ether oxygens (including phenoxy) is 13. The number of carboxylic acid groups (broad SMARTS) is 1. The molecule has 1 atom stereocenters. The Labute approximate surface area is 338 Å². The fourth-order valence-corrected chi connectivity index (χ4v) is 4.34. The molecular formula is C39H70N2O16. The maximum absolute atomic E-state index is 12.0. The molecule has 0 bridgehead atoms. The summed E-state index contributed by atoms with van der Waals surface area (Å²) in [5.74, 6) is -0.556. The lowest BCUT2D eigenvalue weighted by Crippen LogP contribution is -2.32. The number of amides is 1. The summed E-state index contributed by atoms with van der Waals surface area (Å²) >= 11 is 0. The maximum Gasteiger partial charge on any atom is 0.320 e. The molecule has 0 saturated carbocycles. The number of hydrogen-bond acceptors (Lipinski definition) is 16. The van der Waals surface area contributed by atoms with E-state index in [1.165, 1.54) is 0 Å². The van der Waals surface area contributed by atoms with Crippen LogP contribution in [0, 0.1) is 0 Å². The van der Waals surface area contributed by atoms with Crippen LogP contribution < -0.4 is 15.8 Å². The summed E-state index contributed by atoms with van der Waals surface area (Å²) in [5.41, 5.74) is 6.35. The fourth-order valence-electron chi connectivity index (χ4n) is 4.34. The number of carbonyl (C=O) groups excluding carboxylic acids is 1. The van der Waals surface area contributed by atoms with Crippen LogP contribution in [0.3, 0.4) is 0 Å². The van der Waals surface area contributed by atoms with Crippen LogP contribution in [0.2, 0.25) is 0 Å². The predicted molar refractivity (Wildman–Crippen MR) is 209 cm³/mol. The number of rotatable bonds is 45. The zero-order valence-corrected chi connectivity index (χ0v) is 34.0. The van der Waals surface area contributed by atoms with E-state index in [4.69, 9.17) is 72.4 Å². The van der Waals surface area contributed by atoms with Gasteiger partial charge in [-0.05, 0) is 30.5 Å². The Hall–Kier alpha value is -2.56. The molecule has 57 heavy (non-hydrogen) atoms. The average molecular weight is 823 g/mol. The van der Waals surface area contributed by atoms with E-state index in [-0.39, 0.29) is 25.4 Å². The van der Waals surface area contributed by atoms with E-state index in [1.807, 2.05) is 0 Å². The van der Waals surface area contributed by atoms with Gasteiger partial charge in [0.15, 0.2) is 0 Å². The number of carbonyl (C=O) groups is 2. The molecule has 0 aliphatic carbocycles. The molecule has 18 heteroatoms. The van der Waals surface area contributed by atoms with Crippen LogP contribution >= 0.6 is 0 Å². The normalized spacial score (nSPS) is 11.9. The van der Waals surface area contributed by atoms with Gasteiger partial charge >= 0.3 is 5.97 Å². The van der Waals surface area contributed by atoms with E-state index in [0.29, 0.717) is 164 Å². The number of nitrogens with one attached hydrogen (secondary N) is 1. The summed E-state index contributed by atoms with van der Waals surface area (Å²) in [6.45, 7) is 14.6. The average Bonchev–Trinajstić information content (AvgIpc) is 3.21. The van der Waals surface area contributed by atoms with Crippen molar-refractivity contribution in [1.29, 1.82) is 0 Å². The Morgan fingerprint density at radius 2 is 0.825 bits per heavy atom. The lowest BCUT2D eigenvalue weighted by atomic mass is 10.1. The standard InChI is InChI=1S/C39H70N2O16/c1-2-9-45-12-14-47-16-18-49-20-22-51-24-26-53-28-30-55-32-33-56-31-29-54-27-25-52-23-21-50-19-17-48-15-13-46-10-7-38(42)41-8-11-57-36-5-3-35(4-6-36)34-37(40)39(43)44/h3-6,37H,2,7-34,40H2,1H3,(H,41,42)(H,43,44). The molecule has 0 aliphatic heterocycles. The smallest absolute Gasteiger partial charge is 0.320 e. The van der Waals surface area contributed by atoms with Gasteiger partial charge in [0.1, 0.15) is 18.4 Å². The molecule has 0 radical (unpaired) electrons. The molecule has 1 amide bonds. The van der Waals surface area contributed by atoms with Gasteiger partial charge in [-0.15, -0.1) is 0 Å². The minimum absolute atomic E-state index is 0.135. The number of benzene rings is 1. The van der Waals surface area contributed by atoms with Gasteiger partial charge in [-0.25, -0.2) is 0 Å². The Balaban J connectivity index is 1.69. The van der Waals surface area contributed by atoms with Gasteiger partial charge in [-0.3, -0.25) is 9.59 Å². The topological polar surface area (TPSA) is 212 Å². The highest BCUT2D eigenvalue weighted by atomic mass is 16.6. The molecule has 1 unspecified atom stereocenters. The quantitative estimate of drug-likeness (QED) is 0.0787. The van der Waals surface area contributed by atoms with Crippen molar-refractivity contribution < 1.29 is 76.3 Å². The zero-order valence-electron chi connectivity index (χ0n) is 34.0. The van der Waals surface area contributed by atoms with E-state index in [1.54, 1.807) is 24.3 Å². The first-order valence-electron chi connectivity index (χ1n) is 19.9. The van der Waals surface area contributed by atoms with Crippen molar-refractivity contribution in [3.05, 3.63) is 29.8 Å². The van der Waals surface area contributed by atoms with Gasteiger partial charge in [-0.2, -0.15) is 0 Å². The minimum atomic E-state index is -1.04. The molecule has 332 valence electrons. The van der Waals surface area contributed by atoms with Crippen LogP contribution in [0.4, 0.5) is 0 Å². The maximum atomic E-state index is 12.0. The molecular weight excluding hydrogens is 752 g/mol. The van der Waals surface area contributed by atoms with Crippen molar-refractivity contribution >= 4 is 11.9 Å². The van der Waals surface area contributed by atoms with Crippen LogP contribution in [0.5, 0.6) is 5.75 Å². The van der Waals surface area contributed by atoms with E-state index in [0.717, 1.165) is 18.6 Å². The minimum Gasteiger partial charge on any atom is -0.492 e. The zero-order chi connectivity index (χ0) is 41.1. The summed E-state index contributed by atoms with van der Waals surface area (Å²) in [5, 5.41) is 11.7. The molecule has 0 saturated heterocycles. The second-order valence-corrected chi connectivity index (χ2v) is 12.1. The molecule has 0 heterocycles. The van der Waals surface area contributed by atoms with E-state index < -0.39 is 12.0 Å². The van der Waals surface area contributed by atoms with Gasteiger partial charge in [-0.1, -0.05) is 19.1 Å². The summed E-state index contributed by atoms with van der Waals surface area (Å²) in [6.07, 6.45) is 1.49. The number of carboxylic acids is 1.